The number of carbonyl (C=O) groups excluding carboxylic acids is 1. The molecule has 0 aliphatic rings. The quantitative estimate of drug-likeness (QED) is 0.368. The number of unbranched alkanes of at least 4 members (excludes halogenated alkanes) is 1. The second-order valence-electron chi connectivity index (χ2n) is 3.88. The van der Waals surface area contributed by atoms with E-state index in [2.05, 4.69) is 25.4 Å². The molecule has 1 amide bonds. The van der Waals surface area contributed by atoms with Gasteiger partial charge in [0.1, 0.15) is 0 Å². The first-order valence-electron chi connectivity index (χ1n) is 5.89. The van der Waals surface area contributed by atoms with Gasteiger partial charge in [-0.2, -0.15) is 5.10 Å². The predicted molar refractivity (Wildman–Crippen MR) is 68.6 cm³/mol. The number of carbonyl (C=O) groups is 1. The Hall–Kier alpha value is -2.60. The molecule has 0 bridgehead atoms. The second-order valence-corrected chi connectivity index (χ2v) is 3.88. The molecule has 8 heteroatoms. The van der Waals surface area contributed by atoms with Crippen molar-refractivity contribution in [1.82, 2.24) is 19.9 Å². The Kier molecular flexibility index (Phi) is 4.30. The molecule has 98 valence electrons. The Morgan fingerprint density at radius 1 is 1.47 bits per heavy atom. The zero-order valence-electron chi connectivity index (χ0n) is 10.2. The lowest BCUT2D eigenvalue weighted by atomic mass is 10.2. The van der Waals surface area contributed by atoms with Gasteiger partial charge in [0.25, 0.3) is 5.91 Å². The lowest BCUT2D eigenvalue weighted by Crippen LogP contribution is -2.24. The van der Waals surface area contributed by atoms with E-state index < -0.39 is 0 Å². The van der Waals surface area contributed by atoms with Gasteiger partial charge in [0.15, 0.2) is 0 Å². The molecule has 0 radical (unpaired) electrons. The highest BCUT2D eigenvalue weighted by Crippen LogP contribution is 2.08. The van der Waals surface area contributed by atoms with Crippen molar-refractivity contribution >= 4 is 11.4 Å². The fourth-order valence-electron chi connectivity index (χ4n) is 1.66. The van der Waals surface area contributed by atoms with Crippen molar-refractivity contribution in [3.63, 3.8) is 0 Å². The molecule has 19 heavy (non-hydrogen) atoms. The molecule has 0 saturated heterocycles. The Balaban J connectivity index is 1.88. The largest absolute Gasteiger partial charge is 0.352 e. The first kappa shape index (κ1) is 12.8. The van der Waals surface area contributed by atoms with Crippen molar-refractivity contribution < 1.29 is 4.79 Å². The van der Waals surface area contributed by atoms with Crippen molar-refractivity contribution in [1.29, 1.82) is 0 Å². The van der Waals surface area contributed by atoms with Crippen LogP contribution in [0, 0.1) is 0 Å². The SMILES string of the molecule is [N-]=[N+]=NCCCCNC(=O)c1cnn2ccncc12. The van der Waals surface area contributed by atoms with Crippen molar-refractivity contribution in [2.75, 3.05) is 13.1 Å². The zero-order chi connectivity index (χ0) is 13.5. The molecule has 0 spiro atoms. The summed E-state index contributed by atoms with van der Waals surface area (Å²) in [5.41, 5.74) is 9.29. The number of azide groups is 1. The summed E-state index contributed by atoms with van der Waals surface area (Å²) in [6, 6.07) is 0. The normalized spacial score (nSPS) is 10.1. The minimum Gasteiger partial charge on any atom is -0.352 e. The maximum Gasteiger partial charge on any atom is 0.255 e. The number of nitrogens with one attached hydrogen (secondary N) is 1. The van der Waals surface area contributed by atoms with Gasteiger partial charge in [-0.25, -0.2) is 4.52 Å². The van der Waals surface area contributed by atoms with E-state index in [1.54, 1.807) is 23.1 Å². The van der Waals surface area contributed by atoms with Gasteiger partial charge in [-0.1, -0.05) is 5.11 Å². The average molecular weight is 259 g/mol. The van der Waals surface area contributed by atoms with Crippen LogP contribution in [0.4, 0.5) is 0 Å². The Morgan fingerprint density at radius 3 is 3.21 bits per heavy atom. The van der Waals surface area contributed by atoms with E-state index >= 15 is 0 Å². The Labute approximate surface area is 109 Å². The van der Waals surface area contributed by atoms with E-state index in [4.69, 9.17) is 5.53 Å². The highest BCUT2D eigenvalue weighted by atomic mass is 16.1. The van der Waals surface area contributed by atoms with Crippen LogP contribution in [0.15, 0.2) is 29.9 Å². The predicted octanol–water partition coefficient (Wildman–Crippen LogP) is 1.55. The van der Waals surface area contributed by atoms with E-state index in [0.717, 1.165) is 12.8 Å². The molecule has 0 aliphatic heterocycles. The molecule has 8 nitrogen and oxygen atoms in total. The number of fused-ring (bicyclic) bond motifs is 1. The lowest BCUT2D eigenvalue weighted by molar-refractivity contribution is 0.0954. The van der Waals surface area contributed by atoms with Gasteiger partial charge in [0, 0.05) is 30.4 Å². The first-order valence-corrected chi connectivity index (χ1v) is 5.89. The minimum atomic E-state index is -0.174. The van der Waals surface area contributed by atoms with Crippen LogP contribution >= 0.6 is 0 Å². The third-order valence-corrected chi connectivity index (χ3v) is 2.60. The first-order chi connectivity index (χ1) is 9.33. The fourth-order valence-corrected chi connectivity index (χ4v) is 1.66. The van der Waals surface area contributed by atoms with E-state index in [1.165, 1.54) is 6.20 Å². The van der Waals surface area contributed by atoms with Crippen molar-refractivity contribution in [2.45, 2.75) is 12.8 Å². The summed E-state index contributed by atoms with van der Waals surface area (Å²) >= 11 is 0. The molecule has 2 heterocycles. The molecular formula is C11H13N7O. The molecule has 1 N–H and O–H groups in total. The number of aromatic nitrogens is 3. The summed E-state index contributed by atoms with van der Waals surface area (Å²) < 4.78 is 1.60. The number of rotatable bonds is 6. The number of hydrogen-bond acceptors (Lipinski definition) is 4. The number of nitrogens with zero attached hydrogens (tertiary/aromatic N) is 6. The van der Waals surface area contributed by atoms with Gasteiger partial charge < -0.3 is 5.32 Å². The van der Waals surface area contributed by atoms with Gasteiger partial charge in [0.05, 0.1) is 23.5 Å². The maximum atomic E-state index is 11.9. The molecule has 0 fully saturated rings. The maximum absolute atomic E-state index is 11.9. The molecule has 0 aromatic carbocycles. The standard InChI is InChI=1S/C11H13N7O/c12-17-15-4-2-1-3-14-11(19)9-7-16-18-6-5-13-8-10(9)18/h5-8H,1-4H2,(H,14,19). The van der Waals surface area contributed by atoms with E-state index in [1.807, 2.05) is 0 Å². The summed E-state index contributed by atoms with van der Waals surface area (Å²) in [5.74, 6) is -0.174. The molecule has 0 unspecified atom stereocenters. The molecular weight excluding hydrogens is 246 g/mol. The monoisotopic (exact) mass is 259 g/mol. The van der Waals surface area contributed by atoms with Crippen LogP contribution in [0.1, 0.15) is 23.2 Å². The van der Waals surface area contributed by atoms with Crippen LogP contribution in [-0.2, 0) is 0 Å². The smallest absolute Gasteiger partial charge is 0.255 e. The topological polar surface area (TPSA) is 108 Å². The van der Waals surface area contributed by atoms with E-state index in [9.17, 15) is 4.79 Å². The minimum absolute atomic E-state index is 0.174. The Bertz CT molecular complexity index is 614. The summed E-state index contributed by atoms with van der Waals surface area (Å²) in [6.07, 6.45) is 7.93. The second kappa shape index (κ2) is 6.36. The van der Waals surface area contributed by atoms with Crippen LogP contribution in [0.5, 0.6) is 0 Å². The van der Waals surface area contributed by atoms with E-state index in [-0.39, 0.29) is 5.91 Å². The summed E-state index contributed by atoms with van der Waals surface area (Å²) in [5, 5.41) is 10.3. The summed E-state index contributed by atoms with van der Waals surface area (Å²) in [6.45, 7) is 0.990. The molecule has 2 aromatic rings. The van der Waals surface area contributed by atoms with Crippen LogP contribution in [0.2, 0.25) is 0 Å². The fraction of sp³-hybridized carbons (Fsp3) is 0.364. The van der Waals surface area contributed by atoms with Gasteiger partial charge in [-0.15, -0.1) is 0 Å². The molecule has 2 aromatic heterocycles. The van der Waals surface area contributed by atoms with Crippen molar-refractivity contribution in [3.8, 4) is 0 Å². The molecule has 0 aliphatic carbocycles. The van der Waals surface area contributed by atoms with Crippen molar-refractivity contribution in [2.24, 2.45) is 5.11 Å². The molecule has 0 atom stereocenters. The highest BCUT2D eigenvalue weighted by Gasteiger charge is 2.11. The van der Waals surface area contributed by atoms with Gasteiger partial charge >= 0.3 is 0 Å². The van der Waals surface area contributed by atoms with E-state index in [0.29, 0.717) is 24.2 Å². The van der Waals surface area contributed by atoms with Gasteiger partial charge in [-0.3, -0.25) is 9.78 Å². The third kappa shape index (κ3) is 3.20. The van der Waals surface area contributed by atoms with Gasteiger partial charge in [-0.05, 0) is 18.4 Å². The van der Waals surface area contributed by atoms with Crippen LogP contribution in [0.25, 0.3) is 16.0 Å². The van der Waals surface area contributed by atoms with Crippen LogP contribution in [-0.4, -0.2) is 33.6 Å². The van der Waals surface area contributed by atoms with Crippen molar-refractivity contribution in [3.05, 3.63) is 40.8 Å². The zero-order valence-corrected chi connectivity index (χ0v) is 10.2. The Morgan fingerprint density at radius 2 is 2.37 bits per heavy atom. The molecule has 0 saturated carbocycles. The molecule has 2 rings (SSSR count). The summed E-state index contributed by atoms with van der Waals surface area (Å²) in [4.78, 5) is 18.6. The lowest BCUT2D eigenvalue weighted by Gasteiger charge is -2.02. The van der Waals surface area contributed by atoms with Crippen LogP contribution in [0.3, 0.4) is 0 Å². The number of amides is 1. The average Bonchev–Trinajstić information content (AvgIpc) is 2.86. The van der Waals surface area contributed by atoms with Crippen LogP contribution < -0.4 is 5.32 Å². The van der Waals surface area contributed by atoms with Gasteiger partial charge in [0.2, 0.25) is 0 Å². The number of hydrogen-bond donors (Lipinski definition) is 1. The summed E-state index contributed by atoms with van der Waals surface area (Å²) in [7, 11) is 0. The third-order valence-electron chi connectivity index (χ3n) is 2.60. The highest BCUT2D eigenvalue weighted by molar-refractivity contribution is 6.00.